The molecule has 0 aromatic rings. The number of hydrogen-bond acceptors (Lipinski definition) is 4. The van der Waals surface area contributed by atoms with Crippen LogP contribution in [0.3, 0.4) is 0 Å². The number of primary amides is 1. The number of carbonyl (C=O) groups excluding carboxylic acids is 2. The van der Waals surface area contributed by atoms with Crippen molar-refractivity contribution in [1.82, 2.24) is 0 Å². The molecular weight excluding hydrogens is 162 g/mol. The zero-order valence-electron chi connectivity index (χ0n) is 7.62. The Balaban J connectivity index is 0. The smallest absolute Gasteiger partial charge is 0.404 e. The Bertz CT molecular complexity index is 119. The minimum absolute atomic E-state index is 0.211. The van der Waals surface area contributed by atoms with E-state index in [9.17, 15) is 9.59 Å². The maximum atomic E-state index is 9.82. The summed E-state index contributed by atoms with van der Waals surface area (Å²) in [6.07, 6.45) is -0.711. The first kappa shape index (κ1) is 13.3. The molecule has 5 nitrogen and oxygen atoms in total. The van der Waals surface area contributed by atoms with E-state index in [1.54, 1.807) is 13.8 Å². The second-order valence-corrected chi connectivity index (χ2v) is 1.68. The normalized spacial score (nSPS) is 7.58. The lowest BCUT2D eigenvalue weighted by Gasteiger charge is -1.89. The van der Waals surface area contributed by atoms with Gasteiger partial charge in [-0.15, -0.1) is 0 Å². The molecule has 72 valence electrons. The summed E-state index contributed by atoms with van der Waals surface area (Å²) in [5.41, 5.74) is 4.54. The lowest BCUT2D eigenvalue weighted by molar-refractivity contribution is -0.140. The summed E-state index contributed by atoms with van der Waals surface area (Å²) in [5.74, 6) is -0.211. The highest BCUT2D eigenvalue weighted by atomic mass is 16.5. The third kappa shape index (κ3) is 23.3. The van der Waals surface area contributed by atoms with Crippen LogP contribution in [0.1, 0.15) is 20.8 Å². The molecule has 0 aliphatic rings. The van der Waals surface area contributed by atoms with Crippen molar-refractivity contribution >= 4 is 12.1 Å². The highest BCUT2D eigenvalue weighted by Crippen LogP contribution is 1.69. The van der Waals surface area contributed by atoms with Gasteiger partial charge in [-0.1, -0.05) is 0 Å². The minimum atomic E-state index is -0.711. The number of nitrogens with two attached hydrogens (primary N) is 1. The van der Waals surface area contributed by atoms with E-state index in [1.165, 1.54) is 6.92 Å². The molecule has 0 atom stereocenters. The Kier molecular flexibility index (Phi) is 10.8. The summed E-state index contributed by atoms with van der Waals surface area (Å²) in [6, 6.07) is 0. The first-order chi connectivity index (χ1) is 5.54. The van der Waals surface area contributed by atoms with Crippen LogP contribution in [-0.2, 0) is 14.3 Å². The van der Waals surface area contributed by atoms with Crippen molar-refractivity contribution in [3.05, 3.63) is 0 Å². The summed E-state index contributed by atoms with van der Waals surface area (Å²) in [4.78, 5) is 19.4. The van der Waals surface area contributed by atoms with Gasteiger partial charge in [-0.2, -0.15) is 0 Å². The predicted octanol–water partition coefficient (Wildman–Crippen LogP) is 0.671. The summed E-state index contributed by atoms with van der Waals surface area (Å²) >= 11 is 0. The maximum absolute atomic E-state index is 9.82. The number of hydrogen-bond donors (Lipinski definition) is 1. The topological polar surface area (TPSA) is 78.6 Å². The molecule has 0 unspecified atom stereocenters. The average molecular weight is 177 g/mol. The van der Waals surface area contributed by atoms with E-state index in [-0.39, 0.29) is 5.97 Å². The zero-order chi connectivity index (χ0) is 9.98. The largest absolute Gasteiger partial charge is 0.466 e. The number of amides is 1. The van der Waals surface area contributed by atoms with Gasteiger partial charge in [0.2, 0.25) is 0 Å². The van der Waals surface area contributed by atoms with Gasteiger partial charge in [0, 0.05) is 6.92 Å². The Morgan fingerprint density at radius 2 is 1.58 bits per heavy atom. The van der Waals surface area contributed by atoms with Crippen LogP contribution in [0, 0.1) is 0 Å². The van der Waals surface area contributed by atoms with Crippen molar-refractivity contribution in [2.45, 2.75) is 20.8 Å². The molecule has 12 heavy (non-hydrogen) atoms. The van der Waals surface area contributed by atoms with Crippen LogP contribution in [0.5, 0.6) is 0 Å². The van der Waals surface area contributed by atoms with Gasteiger partial charge in [-0.05, 0) is 13.8 Å². The molecule has 0 aliphatic heterocycles. The Labute approximate surface area is 71.8 Å². The molecule has 0 radical (unpaired) electrons. The molecule has 0 saturated carbocycles. The standard InChI is InChI=1S/C4H8O2.C3H7NO2/c1-3-6-4(2)5;1-2-6-3(4)5/h3H2,1-2H3;2H2,1H3,(H2,4,5). The SMILES string of the molecule is CCOC(C)=O.CCOC(N)=O. The van der Waals surface area contributed by atoms with Crippen molar-refractivity contribution in [2.24, 2.45) is 5.73 Å². The fraction of sp³-hybridized carbons (Fsp3) is 0.714. The molecule has 0 saturated heterocycles. The first-order valence-corrected chi connectivity index (χ1v) is 3.60. The van der Waals surface area contributed by atoms with Gasteiger partial charge in [0.15, 0.2) is 0 Å². The molecule has 0 spiro atoms. The van der Waals surface area contributed by atoms with Gasteiger partial charge >= 0.3 is 12.1 Å². The van der Waals surface area contributed by atoms with Gasteiger partial charge in [0.25, 0.3) is 0 Å². The molecule has 0 aromatic heterocycles. The van der Waals surface area contributed by atoms with Gasteiger partial charge in [-0.25, -0.2) is 4.79 Å². The van der Waals surface area contributed by atoms with Gasteiger partial charge in [0.1, 0.15) is 0 Å². The quantitative estimate of drug-likeness (QED) is 0.629. The molecule has 0 aromatic carbocycles. The summed E-state index contributed by atoms with van der Waals surface area (Å²) in [5, 5.41) is 0. The number of rotatable bonds is 2. The van der Waals surface area contributed by atoms with Crippen LogP contribution in [0.15, 0.2) is 0 Å². The van der Waals surface area contributed by atoms with Crippen LogP contribution in [0.4, 0.5) is 4.79 Å². The van der Waals surface area contributed by atoms with Crippen LogP contribution >= 0.6 is 0 Å². The molecule has 0 heterocycles. The van der Waals surface area contributed by atoms with Gasteiger partial charge in [-0.3, -0.25) is 4.79 Å². The van der Waals surface area contributed by atoms with Crippen LogP contribution in [0.2, 0.25) is 0 Å². The van der Waals surface area contributed by atoms with Crippen molar-refractivity contribution in [2.75, 3.05) is 13.2 Å². The summed E-state index contributed by atoms with van der Waals surface area (Å²) < 4.78 is 8.58. The number of carbonyl (C=O) groups is 2. The van der Waals surface area contributed by atoms with Crippen LogP contribution < -0.4 is 5.73 Å². The molecule has 5 heteroatoms. The summed E-state index contributed by atoms with van der Waals surface area (Å²) in [6.45, 7) is 5.71. The average Bonchev–Trinajstić information content (AvgIpc) is 1.87. The Hall–Kier alpha value is -1.26. The molecular formula is C7H15NO4. The van der Waals surface area contributed by atoms with E-state index in [0.717, 1.165) is 0 Å². The second-order valence-electron chi connectivity index (χ2n) is 1.68. The van der Waals surface area contributed by atoms with Crippen molar-refractivity contribution in [3.8, 4) is 0 Å². The fourth-order valence-corrected chi connectivity index (χ4v) is 0.346. The molecule has 0 aliphatic carbocycles. The maximum Gasteiger partial charge on any atom is 0.404 e. The number of ether oxygens (including phenoxy) is 2. The molecule has 1 amide bonds. The first-order valence-electron chi connectivity index (χ1n) is 3.60. The van der Waals surface area contributed by atoms with Crippen molar-refractivity contribution < 1.29 is 19.1 Å². The predicted molar refractivity (Wildman–Crippen MR) is 43.5 cm³/mol. The zero-order valence-corrected chi connectivity index (χ0v) is 7.62. The van der Waals surface area contributed by atoms with E-state index < -0.39 is 6.09 Å². The Morgan fingerprint density at radius 1 is 1.17 bits per heavy atom. The monoisotopic (exact) mass is 177 g/mol. The molecule has 0 fully saturated rings. The summed E-state index contributed by atoms with van der Waals surface area (Å²) in [7, 11) is 0. The van der Waals surface area contributed by atoms with Crippen molar-refractivity contribution in [1.29, 1.82) is 0 Å². The fourth-order valence-electron chi connectivity index (χ4n) is 0.346. The third-order valence-corrected chi connectivity index (χ3v) is 0.634. The lowest BCUT2D eigenvalue weighted by atomic mass is 10.8. The van der Waals surface area contributed by atoms with Crippen LogP contribution in [-0.4, -0.2) is 25.3 Å². The molecule has 2 N–H and O–H groups in total. The Morgan fingerprint density at radius 3 is 1.58 bits per heavy atom. The molecule has 0 bridgehead atoms. The highest BCUT2D eigenvalue weighted by molar-refractivity contribution is 5.65. The van der Waals surface area contributed by atoms with E-state index in [2.05, 4.69) is 15.2 Å². The van der Waals surface area contributed by atoms with Gasteiger partial charge < -0.3 is 15.2 Å². The van der Waals surface area contributed by atoms with E-state index >= 15 is 0 Å². The van der Waals surface area contributed by atoms with Crippen LogP contribution in [0.25, 0.3) is 0 Å². The number of esters is 1. The van der Waals surface area contributed by atoms with Gasteiger partial charge in [0.05, 0.1) is 13.2 Å². The minimum Gasteiger partial charge on any atom is -0.466 e. The highest BCUT2D eigenvalue weighted by Gasteiger charge is 1.82. The third-order valence-electron chi connectivity index (χ3n) is 0.634. The van der Waals surface area contributed by atoms with E-state index in [0.29, 0.717) is 13.2 Å². The molecule has 0 rings (SSSR count). The lowest BCUT2D eigenvalue weighted by Crippen LogP contribution is -2.11. The second kappa shape index (κ2) is 9.74. The van der Waals surface area contributed by atoms with Crippen molar-refractivity contribution in [3.63, 3.8) is 0 Å². The van der Waals surface area contributed by atoms with E-state index in [4.69, 9.17) is 0 Å². The van der Waals surface area contributed by atoms with E-state index in [1.807, 2.05) is 0 Å².